The molecule has 1 unspecified atom stereocenters. The zero-order valence-corrected chi connectivity index (χ0v) is 8.69. The summed E-state index contributed by atoms with van der Waals surface area (Å²) in [5.41, 5.74) is 0. The van der Waals surface area contributed by atoms with Gasteiger partial charge in [-0.3, -0.25) is 0 Å². The first-order chi connectivity index (χ1) is 5.94. The fourth-order valence-electron chi connectivity index (χ4n) is 0.696. The van der Waals surface area contributed by atoms with Gasteiger partial charge in [-0.2, -0.15) is 0 Å². The van der Waals surface area contributed by atoms with Gasteiger partial charge in [0.2, 0.25) is 10.0 Å². The molecule has 1 rings (SSSR count). The summed E-state index contributed by atoms with van der Waals surface area (Å²) in [5.74, 6) is 0. The predicted molar refractivity (Wildman–Crippen MR) is 51.0 cm³/mol. The van der Waals surface area contributed by atoms with Crippen molar-refractivity contribution in [2.24, 2.45) is 5.14 Å². The number of nitrogens with two attached hydrogens (primary N) is 1. The van der Waals surface area contributed by atoms with Crippen LogP contribution < -0.4 is 5.14 Å². The minimum Gasteiger partial charge on any atom is -0.238 e. The van der Waals surface area contributed by atoms with E-state index in [4.69, 9.17) is 16.7 Å². The molecule has 0 amide bonds. The highest BCUT2D eigenvalue weighted by molar-refractivity contribution is 8.63. The van der Waals surface area contributed by atoms with Crippen molar-refractivity contribution in [2.75, 3.05) is 0 Å². The van der Waals surface area contributed by atoms with E-state index in [2.05, 4.69) is 0 Å². The van der Waals surface area contributed by atoms with E-state index in [0.717, 1.165) is 0 Å². The van der Waals surface area contributed by atoms with Crippen molar-refractivity contribution in [3.63, 3.8) is 0 Å². The zero-order valence-electron chi connectivity index (χ0n) is 6.31. The van der Waals surface area contributed by atoms with E-state index < -0.39 is 18.9 Å². The maximum Gasteiger partial charge on any atom is 0.271 e. The molecule has 0 aromatic heterocycles. The van der Waals surface area contributed by atoms with Crippen LogP contribution in [0, 0.1) is 0 Å². The Morgan fingerprint density at radius 2 is 1.69 bits per heavy atom. The highest BCUT2D eigenvalue weighted by Crippen LogP contribution is 2.15. The van der Waals surface area contributed by atoms with Crippen LogP contribution in [0.3, 0.4) is 0 Å². The molecule has 0 radical (unpaired) electrons. The third-order valence-electron chi connectivity index (χ3n) is 1.32. The van der Waals surface area contributed by atoms with Crippen molar-refractivity contribution in [2.45, 2.75) is 4.90 Å². The van der Waals surface area contributed by atoms with E-state index in [0.29, 0.717) is 5.02 Å². The Balaban J connectivity index is 3.25. The lowest BCUT2D eigenvalue weighted by Crippen LogP contribution is -2.16. The van der Waals surface area contributed by atoms with Crippen molar-refractivity contribution in [1.29, 1.82) is 0 Å². The van der Waals surface area contributed by atoms with Crippen molar-refractivity contribution in [3.05, 3.63) is 29.3 Å². The molecule has 1 aromatic carbocycles. The van der Waals surface area contributed by atoms with E-state index in [1.54, 1.807) is 0 Å². The molecular formula is C6H6ClNO3S2. The number of benzene rings is 1. The van der Waals surface area contributed by atoms with Gasteiger partial charge in [0.05, 0.1) is 4.90 Å². The van der Waals surface area contributed by atoms with Crippen LogP contribution in [0.25, 0.3) is 0 Å². The van der Waals surface area contributed by atoms with Gasteiger partial charge < -0.3 is 0 Å². The third kappa shape index (κ3) is 2.28. The van der Waals surface area contributed by atoms with Crippen LogP contribution in [0.4, 0.5) is 0 Å². The average molecular weight is 240 g/mol. The highest BCUT2D eigenvalue weighted by Gasteiger charge is 2.19. The van der Waals surface area contributed by atoms with Gasteiger partial charge in [0.1, 0.15) is 0 Å². The summed E-state index contributed by atoms with van der Waals surface area (Å²) in [6.07, 6.45) is 0. The summed E-state index contributed by atoms with van der Waals surface area (Å²) >= 11 is 5.54. The largest absolute Gasteiger partial charge is 0.271 e. The second-order valence-electron chi connectivity index (χ2n) is 2.17. The van der Waals surface area contributed by atoms with Crippen molar-refractivity contribution in [3.8, 4) is 0 Å². The van der Waals surface area contributed by atoms with Gasteiger partial charge in [-0.1, -0.05) is 11.6 Å². The van der Waals surface area contributed by atoms with E-state index in [-0.39, 0.29) is 4.90 Å². The van der Waals surface area contributed by atoms with Crippen molar-refractivity contribution >= 4 is 30.5 Å². The summed E-state index contributed by atoms with van der Waals surface area (Å²) in [6.45, 7) is 0. The van der Waals surface area contributed by atoms with Crippen LogP contribution in [0.2, 0.25) is 5.02 Å². The maximum atomic E-state index is 11.2. The Morgan fingerprint density at radius 1 is 1.23 bits per heavy atom. The number of hydrogen-bond donors (Lipinski definition) is 1. The lowest BCUT2D eigenvalue weighted by molar-refractivity contribution is 0.606. The minimum absolute atomic E-state index is 0.0993. The van der Waals surface area contributed by atoms with Crippen molar-refractivity contribution in [1.82, 2.24) is 0 Å². The molecule has 0 saturated heterocycles. The Hall–Kier alpha value is -0.430. The average Bonchev–Trinajstić information content (AvgIpc) is 2.04. The zero-order chi connectivity index (χ0) is 10.1. The summed E-state index contributed by atoms with van der Waals surface area (Å²) in [6, 6.07) is 5.29. The van der Waals surface area contributed by atoms with Gasteiger partial charge in [-0.05, 0) is 24.3 Å². The molecule has 13 heavy (non-hydrogen) atoms. The SMILES string of the molecule is NS(=O)S(=O)(=O)c1ccc(Cl)cc1. The molecule has 72 valence electrons. The maximum absolute atomic E-state index is 11.2. The highest BCUT2D eigenvalue weighted by atomic mass is 35.5. The summed E-state index contributed by atoms with van der Waals surface area (Å²) in [7, 11) is -6.31. The Morgan fingerprint density at radius 3 is 2.08 bits per heavy atom. The monoisotopic (exact) mass is 239 g/mol. The summed E-state index contributed by atoms with van der Waals surface area (Å²) < 4.78 is 33.0. The van der Waals surface area contributed by atoms with Gasteiger partial charge in [-0.15, -0.1) is 0 Å². The van der Waals surface area contributed by atoms with E-state index >= 15 is 0 Å². The normalized spacial score (nSPS) is 14.0. The standard InChI is InChI=1S/C6H6ClNO3S2/c7-5-1-3-6(4-2-5)13(10,11)12(8)9/h1-4H,8H2. The number of rotatable bonds is 2. The molecule has 0 aliphatic rings. The van der Waals surface area contributed by atoms with Crippen LogP contribution in [-0.2, 0) is 18.9 Å². The molecule has 0 bridgehead atoms. The molecule has 2 N–H and O–H groups in total. The quantitative estimate of drug-likeness (QED) is 0.770. The first kappa shape index (κ1) is 10.6. The van der Waals surface area contributed by atoms with E-state index in [1.165, 1.54) is 24.3 Å². The number of halogens is 1. The molecule has 0 aliphatic heterocycles. The Labute approximate surface area is 82.6 Å². The van der Waals surface area contributed by atoms with Crippen LogP contribution in [0.5, 0.6) is 0 Å². The van der Waals surface area contributed by atoms with Crippen LogP contribution in [0.15, 0.2) is 29.2 Å². The first-order valence-corrected chi connectivity index (χ1v) is 6.71. The van der Waals surface area contributed by atoms with Gasteiger partial charge in [-0.25, -0.2) is 17.8 Å². The summed E-state index contributed by atoms with van der Waals surface area (Å²) in [4.78, 5) is -0.0993. The molecule has 0 aliphatic carbocycles. The predicted octanol–water partition coefficient (Wildman–Crippen LogP) is 0.651. The Kier molecular flexibility index (Phi) is 3.07. The smallest absolute Gasteiger partial charge is 0.238 e. The second-order valence-corrected chi connectivity index (χ2v) is 6.81. The van der Waals surface area contributed by atoms with Crippen LogP contribution >= 0.6 is 11.6 Å². The molecule has 0 fully saturated rings. The lowest BCUT2D eigenvalue weighted by Gasteiger charge is -1.98. The lowest BCUT2D eigenvalue weighted by atomic mass is 10.4. The molecule has 0 spiro atoms. The molecule has 4 nitrogen and oxygen atoms in total. The van der Waals surface area contributed by atoms with E-state index in [1.807, 2.05) is 0 Å². The fourth-order valence-corrected chi connectivity index (χ4v) is 2.38. The fraction of sp³-hybridized carbons (Fsp3) is 0. The second kappa shape index (κ2) is 3.75. The molecule has 7 heteroatoms. The minimum atomic E-state index is -3.90. The van der Waals surface area contributed by atoms with Crippen LogP contribution in [0.1, 0.15) is 0 Å². The van der Waals surface area contributed by atoms with Gasteiger partial charge >= 0.3 is 0 Å². The molecule has 1 aromatic rings. The molecule has 0 saturated carbocycles. The molecular weight excluding hydrogens is 234 g/mol. The van der Waals surface area contributed by atoms with Gasteiger partial charge in [0.25, 0.3) is 8.87 Å². The van der Waals surface area contributed by atoms with E-state index in [9.17, 15) is 12.6 Å². The van der Waals surface area contributed by atoms with Gasteiger partial charge in [0, 0.05) is 5.02 Å². The molecule has 1 atom stereocenters. The summed E-state index contributed by atoms with van der Waals surface area (Å²) in [5, 5.41) is 5.20. The van der Waals surface area contributed by atoms with Crippen LogP contribution in [-0.4, -0.2) is 12.6 Å². The first-order valence-electron chi connectivity index (χ1n) is 3.12. The van der Waals surface area contributed by atoms with Crippen molar-refractivity contribution < 1.29 is 12.6 Å². The topological polar surface area (TPSA) is 77.2 Å². The number of hydrogen-bond acceptors (Lipinski definition) is 3. The third-order valence-corrected chi connectivity index (χ3v) is 4.73. The molecule has 0 heterocycles. The Bertz CT molecular complexity index is 426. The van der Waals surface area contributed by atoms with Gasteiger partial charge in [0.15, 0.2) is 0 Å².